The Morgan fingerprint density at radius 3 is 2.89 bits per heavy atom. The number of aromatic nitrogens is 2. The number of nitrogens with zero attached hydrogens (tertiary/aromatic N) is 2. The van der Waals surface area contributed by atoms with E-state index in [9.17, 15) is 0 Å². The van der Waals surface area contributed by atoms with E-state index in [0.29, 0.717) is 23.9 Å². The van der Waals surface area contributed by atoms with E-state index in [-0.39, 0.29) is 0 Å². The molecule has 0 saturated carbocycles. The van der Waals surface area contributed by atoms with Crippen LogP contribution in [0.1, 0.15) is 11.4 Å². The third-order valence-electron chi connectivity index (χ3n) is 3.04. The highest BCUT2D eigenvalue weighted by Gasteiger charge is 2.13. The maximum absolute atomic E-state index is 6.30. The van der Waals surface area contributed by atoms with Crippen LogP contribution >= 0.6 is 23.2 Å². The van der Waals surface area contributed by atoms with Crippen molar-refractivity contribution in [2.24, 2.45) is 0 Å². The Balaban J connectivity index is 2.15. The molecular weight excluding hydrogens is 283 g/mol. The zero-order valence-electron chi connectivity index (χ0n) is 10.1. The van der Waals surface area contributed by atoms with E-state index < -0.39 is 0 Å². The smallest absolute Gasteiger partial charge is 0.111 e. The van der Waals surface area contributed by atoms with Gasteiger partial charge in [-0.25, -0.2) is 4.98 Å². The lowest BCUT2D eigenvalue weighted by Crippen LogP contribution is -2.05. The molecule has 0 saturated heterocycles. The van der Waals surface area contributed by atoms with Gasteiger partial charge in [-0.3, -0.25) is 0 Å². The molecule has 2 heterocycles. The maximum Gasteiger partial charge on any atom is 0.111 e. The minimum absolute atomic E-state index is 0.534. The summed E-state index contributed by atoms with van der Waals surface area (Å²) in [5.41, 5.74) is 2.93. The second-order valence-electron chi connectivity index (χ2n) is 4.29. The topological polar surface area (TPSA) is 31.0 Å². The summed E-state index contributed by atoms with van der Waals surface area (Å²) in [6.07, 6.45) is 4.11. The third kappa shape index (κ3) is 2.36. The SMILES string of the molecule is ClCCc1nc2cccc(Cl)c2n1Cc1ccoc1. The fourth-order valence-electron chi connectivity index (χ4n) is 2.20. The first-order valence-corrected chi connectivity index (χ1v) is 6.91. The Bertz CT molecular complexity index is 689. The highest BCUT2D eigenvalue weighted by Crippen LogP contribution is 2.26. The first-order valence-electron chi connectivity index (χ1n) is 6.00. The van der Waals surface area contributed by atoms with Gasteiger partial charge < -0.3 is 8.98 Å². The van der Waals surface area contributed by atoms with Crippen LogP contribution in [0.5, 0.6) is 0 Å². The number of furan rings is 1. The molecule has 0 amide bonds. The van der Waals surface area contributed by atoms with Gasteiger partial charge in [-0.1, -0.05) is 17.7 Å². The molecule has 0 radical (unpaired) electrons. The zero-order chi connectivity index (χ0) is 13.2. The van der Waals surface area contributed by atoms with Gasteiger partial charge in [-0.15, -0.1) is 11.6 Å². The van der Waals surface area contributed by atoms with Crippen LogP contribution in [0.25, 0.3) is 11.0 Å². The molecule has 0 bridgehead atoms. The van der Waals surface area contributed by atoms with Gasteiger partial charge in [0.2, 0.25) is 0 Å². The minimum atomic E-state index is 0.534. The number of benzene rings is 1. The van der Waals surface area contributed by atoms with Gasteiger partial charge in [-0.05, 0) is 18.2 Å². The van der Waals surface area contributed by atoms with Crippen molar-refractivity contribution in [3.05, 3.63) is 53.2 Å². The fourth-order valence-corrected chi connectivity index (χ4v) is 2.64. The lowest BCUT2D eigenvalue weighted by Gasteiger charge is -2.07. The van der Waals surface area contributed by atoms with Crippen molar-refractivity contribution in [1.82, 2.24) is 9.55 Å². The van der Waals surface area contributed by atoms with Gasteiger partial charge in [0.1, 0.15) is 5.82 Å². The highest BCUT2D eigenvalue weighted by atomic mass is 35.5. The standard InChI is InChI=1S/C14H12Cl2N2O/c15-6-4-13-17-12-3-1-2-11(16)14(12)18(13)8-10-5-7-19-9-10/h1-3,5,7,9H,4,6,8H2. The zero-order valence-corrected chi connectivity index (χ0v) is 11.7. The summed E-state index contributed by atoms with van der Waals surface area (Å²) in [7, 11) is 0. The van der Waals surface area contributed by atoms with Gasteiger partial charge >= 0.3 is 0 Å². The molecule has 3 aromatic rings. The monoisotopic (exact) mass is 294 g/mol. The Kier molecular flexibility index (Phi) is 3.49. The number of halogens is 2. The van der Waals surface area contributed by atoms with Crippen molar-refractivity contribution in [3.8, 4) is 0 Å². The number of rotatable bonds is 4. The predicted molar refractivity (Wildman–Crippen MR) is 77.0 cm³/mol. The molecule has 3 rings (SSSR count). The van der Waals surface area contributed by atoms with Crippen molar-refractivity contribution in [1.29, 1.82) is 0 Å². The molecule has 0 aliphatic rings. The van der Waals surface area contributed by atoms with Crippen LogP contribution in [0.15, 0.2) is 41.2 Å². The number of hydrogen-bond acceptors (Lipinski definition) is 2. The van der Waals surface area contributed by atoms with Gasteiger partial charge in [0.25, 0.3) is 0 Å². The Hall–Kier alpha value is -1.45. The number of imidazole rings is 1. The van der Waals surface area contributed by atoms with Crippen molar-refractivity contribution >= 4 is 34.2 Å². The molecule has 5 heteroatoms. The molecule has 0 aliphatic carbocycles. The highest BCUT2D eigenvalue weighted by molar-refractivity contribution is 6.35. The van der Waals surface area contributed by atoms with Crippen LogP contribution in [0.2, 0.25) is 5.02 Å². The molecule has 1 aromatic carbocycles. The number of fused-ring (bicyclic) bond motifs is 1. The average Bonchev–Trinajstić information content (AvgIpc) is 3.00. The van der Waals surface area contributed by atoms with Gasteiger partial charge in [0.15, 0.2) is 0 Å². The molecule has 19 heavy (non-hydrogen) atoms. The van der Waals surface area contributed by atoms with E-state index in [0.717, 1.165) is 22.4 Å². The van der Waals surface area contributed by atoms with Crippen molar-refractivity contribution in [2.45, 2.75) is 13.0 Å². The summed E-state index contributed by atoms with van der Waals surface area (Å²) in [5.74, 6) is 1.48. The number of aryl methyl sites for hydroxylation is 1. The first kappa shape index (κ1) is 12.6. The first-order chi connectivity index (χ1) is 9.29. The maximum atomic E-state index is 6.30. The number of alkyl halides is 1. The van der Waals surface area contributed by atoms with Crippen LogP contribution in [0.3, 0.4) is 0 Å². The Morgan fingerprint density at radius 2 is 2.16 bits per heavy atom. The van der Waals surface area contributed by atoms with Gasteiger partial charge in [-0.2, -0.15) is 0 Å². The van der Waals surface area contributed by atoms with Crippen molar-refractivity contribution in [3.63, 3.8) is 0 Å². The van der Waals surface area contributed by atoms with Crippen LogP contribution in [0, 0.1) is 0 Å². The lowest BCUT2D eigenvalue weighted by molar-refractivity contribution is 0.562. The molecular formula is C14H12Cl2N2O. The molecule has 0 N–H and O–H groups in total. The van der Waals surface area contributed by atoms with Gasteiger partial charge in [0.05, 0.1) is 35.1 Å². The summed E-state index contributed by atoms with van der Waals surface area (Å²) in [5, 5.41) is 0.703. The Morgan fingerprint density at radius 1 is 1.26 bits per heavy atom. The second kappa shape index (κ2) is 5.27. The van der Waals surface area contributed by atoms with E-state index in [1.165, 1.54) is 0 Å². The van der Waals surface area contributed by atoms with Crippen LogP contribution in [-0.2, 0) is 13.0 Å². The van der Waals surface area contributed by atoms with Crippen LogP contribution < -0.4 is 0 Å². The third-order valence-corrected chi connectivity index (χ3v) is 3.53. The quantitative estimate of drug-likeness (QED) is 0.678. The van der Waals surface area contributed by atoms with E-state index in [1.54, 1.807) is 12.5 Å². The lowest BCUT2D eigenvalue weighted by atomic mass is 10.3. The normalized spacial score (nSPS) is 11.3. The van der Waals surface area contributed by atoms with Crippen molar-refractivity contribution in [2.75, 3.05) is 5.88 Å². The number of hydrogen-bond donors (Lipinski definition) is 0. The molecule has 3 nitrogen and oxygen atoms in total. The fraction of sp³-hybridized carbons (Fsp3) is 0.214. The average molecular weight is 295 g/mol. The largest absolute Gasteiger partial charge is 0.472 e. The molecule has 2 aromatic heterocycles. The van der Waals surface area contributed by atoms with Crippen LogP contribution in [0.4, 0.5) is 0 Å². The summed E-state index contributed by atoms with van der Waals surface area (Å²) in [6, 6.07) is 7.68. The van der Waals surface area contributed by atoms with Gasteiger partial charge in [0, 0.05) is 17.9 Å². The van der Waals surface area contributed by atoms with E-state index in [1.807, 2.05) is 24.3 Å². The predicted octanol–water partition coefficient (Wildman–Crippen LogP) is 4.11. The number of para-hydroxylation sites is 1. The van der Waals surface area contributed by atoms with Crippen molar-refractivity contribution < 1.29 is 4.42 Å². The summed E-state index contributed by atoms with van der Waals surface area (Å²) >= 11 is 12.2. The molecule has 0 fully saturated rings. The molecule has 0 unspecified atom stereocenters. The summed E-state index contributed by atoms with van der Waals surface area (Å²) in [6.45, 7) is 0.683. The van der Waals surface area contributed by atoms with E-state index in [4.69, 9.17) is 27.6 Å². The van der Waals surface area contributed by atoms with Crippen LogP contribution in [-0.4, -0.2) is 15.4 Å². The Labute approximate surface area is 120 Å². The molecule has 98 valence electrons. The molecule has 0 spiro atoms. The molecule has 0 aliphatic heterocycles. The minimum Gasteiger partial charge on any atom is -0.472 e. The molecule has 0 atom stereocenters. The summed E-state index contributed by atoms with van der Waals surface area (Å²) < 4.78 is 7.21. The second-order valence-corrected chi connectivity index (χ2v) is 5.08. The van der Waals surface area contributed by atoms with E-state index in [2.05, 4.69) is 9.55 Å². The van der Waals surface area contributed by atoms with E-state index >= 15 is 0 Å². The summed E-state index contributed by atoms with van der Waals surface area (Å²) in [4.78, 5) is 4.61.